The minimum Gasteiger partial charge on any atom is -0.465 e. The van der Waals surface area contributed by atoms with Crippen molar-refractivity contribution in [1.82, 2.24) is 15.3 Å². The van der Waals surface area contributed by atoms with E-state index < -0.39 is 6.09 Å². The molecule has 0 aliphatic rings. The number of nitrogens with one attached hydrogen (secondary N) is 1. The van der Waals surface area contributed by atoms with Crippen LogP contribution in [0.25, 0.3) is 0 Å². The minimum atomic E-state index is -1.08. The van der Waals surface area contributed by atoms with E-state index >= 15 is 0 Å². The van der Waals surface area contributed by atoms with Crippen molar-refractivity contribution in [2.24, 2.45) is 0 Å². The van der Waals surface area contributed by atoms with Gasteiger partial charge in [-0.05, 0) is 15.9 Å². The van der Waals surface area contributed by atoms with Gasteiger partial charge in [0, 0.05) is 12.4 Å². The first-order valence-corrected chi connectivity index (χ1v) is 4.55. The van der Waals surface area contributed by atoms with E-state index in [0.717, 1.165) is 4.47 Å². The molecule has 76 valence electrons. The first kappa shape index (κ1) is 10.7. The van der Waals surface area contributed by atoms with Gasteiger partial charge >= 0.3 is 12.1 Å². The van der Waals surface area contributed by atoms with E-state index in [1.165, 1.54) is 0 Å². The Bertz CT molecular complexity index is 304. The molecule has 1 heterocycles. The molecule has 0 aromatic carbocycles. The van der Waals surface area contributed by atoms with E-state index in [2.05, 4.69) is 31.2 Å². The van der Waals surface area contributed by atoms with E-state index in [9.17, 15) is 4.79 Å². The normalized spacial score (nSPS) is 9.50. The van der Waals surface area contributed by atoms with Gasteiger partial charge in [-0.15, -0.1) is 0 Å². The minimum absolute atomic E-state index is 0.202. The van der Waals surface area contributed by atoms with Gasteiger partial charge in [0.25, 0.3) is 0 Å². The van der Waals surface area contributed by atoms with Gasteiger partial charge in [0.1, 0.15) is 6.61 Å². The fraction of sp³-hybridized carbons (Fsp3) is 0.286. The third kappa shape index (κ3) is 4.04. The predicted molar refractivity (Wildman–Crippen MR) is 51.3 cm³/mol. The number of halogens is 1. The number of carbonyl (C=O) groups is 1. The number of carboxylic acid groups (broad SMARTS) is 1. The first-order chi connectivity index (χ1) is 6.68. The summed E-state index contributed by atoms with van der Waals surface area (Å²) in [4.78, 5) is 17.7. The van der Waals surface area contributed by atoms with Crippen molar-refractivity contribution in [3.8, 4) is 6.01 Å². The number of ether oxygens (including phenoxy) is 1. The Morgan fingerprint density at radius 1 is 1.57 bits per heavy atom. The molecule has 0 spiro atoms. The number of nitrogens with zero attached hydrogens (tertiary/aromatic N) is 2. The molecular formula is C7H8BrN3O3. The predicted octanol–water partition coefficient (Wildman–Crippen LogP) is 0.885. The quantitative estimate of drug-likeness (QED) is 0.787. The Hall–Kier alpha value is -1.37. The van der Waals surface area contributed by atoms with Crippen molar-refractivity contribution in [2.75, 3.05) is 13.2 Å². The maximum absolute atomic E-state index is 10.1. The van der Waals surface area contributed by atoms with E-state index in [-0.39, 0.29) is 19.2 Å². The molecule has 0 atom stereocenters. The van der Waals surface area contributed by atoms with Crippen LogP contribution in [0.15, 0.2) is 16.9 Å². The molecular weight excluding hydrogens is 254 g/mol. The second-order valence-electron chi connectivity index (χ2n) is 2.26. The topological polar surface area (TPSA) is 84.3 Å². The molecule has 0 unspecified atom stereocenters. The second kappa shape index (κ2) is 5.38. The summed E-state index contributed by atoms with van der Waals surface area (Å²) >= 11 is 3.18. The van der Waals surface area contributed by atoms with Crippen LogP contribution in [0.5, 0.6) is 6.01 Å². The smallest absolute Gasteiger partial charge is 0.404 e. The fourth-order valence-electron chi connectivity index (χ4n) is 0.675. The monoisotopic (exact) mass is 261 g/mol. The van der Waals surface area contributed by atoms with Crippen LogP contribution in [0, 0.1) is 0 Å². The van der Waals surface area contributed by atoms with Crippen molar-refractivity contribution in [1.29, 1.82) is 0 Å². The first-order valence-electron chi connectivity index (χ1n) is 3.75. The standard InChI is InChI=1S/C7H8BrN3O3/c8-5-3-10-6(11-4-5)14-2-1-9-7(12)13/h3-4,9H,1-2H2,(H,12,13). The van der Waals surface area contributed by atoms with Gasteiger partial charge < -0.3 is 15.2 Å². The zero-order valence-electron chi connectivity index (χ0n) is 7.11. The van der Waals surface area contributed by atoms with Crippen LogP contribution in [-0.4, -0.2) is 34.3 Å². The Morgan fingerprint density at radius 3 is 2.79 bits per heavy atom. The summed E-state index contributed by atoms with van der Waals surface area (Å²) in [6.45, 7) is 0.405. The summed E-state index contributed by atoms with van der Waals surface area (Å²) in [7, 11) is 0. The largest absolute Gasteiger partial charge is 0.465 e. The van der Waals surface area contributed by atoms with Gasteiger partial charge in [0.15, 0.2) is 0 Å². The van der Waals surface area contributed by atoms with Crippen LogP contribution < -0.4 is 10.1 Å². The number of hydrogen-bond acceptors (Lipinski definition) is 4. The molecule has 14 heavy (non-hydrogen) atoms. The van der Waals surface area contributed by atoms with Gasteiger partial charge in [0.05, 0.1) is 11.0 Å². The SMILES string of the molecule is O=C(O)NCCOc1ncc(Br)cn1. The zero-order chi connectivity index (χ0) is 10.4. The van der Waals surface area contributed by atoms with E-state index in [4.69, 9.17) is 9.84 Å². The number of rotatable bonds is 4. The van der Waals surface area contributed by atoms with E-state index in [1.54, 1.807) is 12.4 Å². The van der Waals surface area contributed by atoms with Crippen LogP contribution >= 0.6 is 15.9 Å². The lowest BCUT2D eigenvalue weighted by atomic mass is 10.7. The van der Waals surface area contributed by atoms with Gasteiger partial charge in [-0.25, -0.2) is 14.8 Å². The molecule has 1 rings (SSSR count). The Labute approximate surface area is 88.5 Å². The van der Waals surface area contributed by atoms with Crippen molar-refractivity contribution >= 4 is 22.0 Å². The summed E-state index contributed by atoms with van der Waals surface area (Å²) in [5, 5.41) is 10.4. The van der Waals surface area contributed by atoms with Crippen LogP contribution in [0.2, 0.25) is 0 Å². The average Bonchev–Trinajstić information content (AvgIpc) is 2.15. The molecule has 0 saturated carbocycles. The van der Waals surface area contributed by atoms with Gasteiger partial charge in [0.2, 0.25) is 0 Å². The van der Waals surface area contributed by atoms with Crippen molar-refractivity contribution in [3.05, 3.63) is 16.9 Å². The summed E-state index contributed by atoms with van der Waals surface area (Å²) in [5.74, 6) is 0. The van der Waals surface area contributed by atoms with Crippen molar-refractivity contribution in [3.63, 3.8) is 0 Å². The lowest BCUT2D eigenvalue weighted by molar-refractivity contribution is 0.190. The van der Waals surface area contributed by atoms with E-state index in [0.29, 0.717) is 0 Å². The number of hydrogen-bond donors (Lipinski definition) is 2. The molecule has 6 nitrogen and oxygen atoms in total. The third-order valence-corrected chi connectivity index (χ3v) is 1.62. The third-order valence-electron chi connectivity index (χ3n) is 1.21. The molecule has 0 bridgehead atoms. The molecule has 0 aliphatic heterocycles. The van der Waals surface area contributed by atoms with Crippen LogP contribution in [0.4, 0.5) is 4.79 Å². The van der Waals surface area contributed by atoms with Crippen LogP contribution in [-0.2, 0) is 0 Å². The highest BCUT2D eigenvalue weighted by molar-refractivity contribution is 9.10. The average molecular weight is 262 g/mol. The second-order valence-corrected chi connectivity index (χ2v) is 3.18. The van der Waals surface area contributed by atoms with Crippen molar-refractivity contribution in [2.45, 2.75) is 0 Å². The lowest BCUT2D eigenvalue weighted by Gasteiger charge is -2.03. The molecule has 0 fully saturated rings. The van der Waals surface area contributed by atoms with Crippen LogP contribution in [0.3, 0.4) is 0 Å². The molecule has 0 saturated heterocycles. The summed E-state index contributed by atoms with van der Waals surface area (Å²) in [5.41, 5.74) is 0. The van der Waals surface area contributed by atoms with E-state index in [1.807, 2.05) is 0 Å². The molecule has 0 aliphatic carbocycles. The lowest BCUT2D eigenvalue weighted by Crippen LogP contribution is -2.26. The maximum atomic E-state index is 10.1. The van der Waals surface area contributed by atoms with Gasteiger partial charge in [-0.1, -0.05) is 0 Å². The summed E-state index contributed by atoms with van der Waals surface area (Å²) < 4.78 is 5.80. The number of aromatic nitrogens is 2. The summed E-state index contributed by atoms with van der Waals surface area (Å²) in [6, 6.07) is 0.223. The maximum Gasteiger partial charge on any atom is 0.404 e. The Morgan fingerprint density at radius 2 is 2.21 bits per heavy atom. The highest BCUT2D eigenvalue weighted by Crippen LogP contribution is 2.07. The Kier molecular flexibility index (Phi) is 4.11. The molecule has 0 radical (unpaired) electrons. The van der Waals surface area contributed by atoms with Gasteiger partial charge in [-0.2, -0.15) is 0 Å². The van der Waals surface area contributed by atoms with Gasteiger partial charge in [-0.3, -0.25) is 0 Å². The molecule has 1 amide bonds. The van der Waals surface area contributed by atoms with Crippen molar-refractivity contribution < 1.29 is 14.6 Å². The molecule has 1 aromatic heterocycles. The highest BCUT2D eigenvalue weighted by Gasteiger charge is 1.97. The number of amides is 1. The molecule has 2 N–H and O–H groups in total. The highest BCUT2D eigenvalue weighted by atomic mass is 79.9. The Balaban J connectivity index is 2.25. The zero-order valence-corrected chi connectivity index (χ0v) is 8.69. The fourth-order valence-corrected chi connectivity index (χ4v) is 0.880. The molecule has 1 aromatic rings. The molecule has 7 heteroatoms. The van der Waals surface area contributed by atoms with Crippen LogP contribution in [0.1, 0.15) is 0 Å². The summed E-state index contributed by atoms with van der Waals surface area (Å²) in [6.07, 6.45) is 2.02.